The Balaban J connectivity index is 2.09. The molecule has 3 nitrogen and oxygen atoms in total. The Labute approximate surface area is 117 Å². The summed E-state index contributed by atoms with van der Waals surface area (Å²) >= 11 is 6.42. The lowest BCUT2D eigenvalue weighted by Crippen LogP contribution is -2.36. The first-order valence-corrected chi connectivity index (χ1v) is 7.27. The molecule has 1 aromatic rings. The Morgan fingerprint density at radius 1 is 1.18 bits per heavy atom. The van der Waals surface area contributed by atoms with E-state index in [1.54, 1.807) is 0 Å². The van der Waals surface area contributed by atoms with E-state index in [2.05, 4.69) is 36.8 Å². The second-order valence-electron chi connectivity index (χ2n) is 3.81. The van der Waals surface area contributed by atoms with Gasteiger partial charge in [0, 0.05) is 24.3 Å². The Kier molecular flexibility index (Phi) is 4.59. The number of rotatable bonds is 3. The SMILES string of the molecule is O=C(c1ccc(N2CCOCC2)cc1)C(Br)Br. The van der Waals surface area contributed by atoms with Crippen LogP contribution in [-0.4, -0.2) is 35.8 Å². The fourth-order valence-corrected chi connectivity index (χ4v) is 2.31. The van der Waals surface area contributed by atoms with Gasteiger partial charge in [0.25, 0.3) is 0 Å². The van der Waals surface area contributed by atoms with Crippen molar-refractivity contribution in [3.05, 3.63) is 29.8 Å². The number of Topliss-reactive ketones (excluding diaryl/α,β-unsaturated/α-hetero) is 1. The first-order valence-electron chi connectivity index (χ1n) is 5.43. The number of anilines is 1. The number of hydrogen-bond acceptors (Lipinski definition) is 3. The summed E-state index contributed by atoms with van der Waals surface area (Å²) in [5.41, 5.74) is 1.85. The van der Waals surface area contributed by atoms with Crippen molar-refractivity contribution in [2.24, 2.45) is 0 Å². The number of carbonyl (C=O) groups is 1. The van der Waals surface area contributed by atoms with Crippen molar-refractivity contribution in [2.75, 3.05) is 31.2 Å². The Morgan fingerprint density at radius 2 is 1.76 bits per heavy atom. The molecule has 1 heterocycles. The Hall–Kier alpha value is -0.390. The largest absolute Gasteiger partial charge is 0.378 e. The topological polar surface area (TPSA) is 29.5 Å². The summed E-state index contributed by atoms with van der Waals surface area (Å²) < 4.78 is 4.99. The van der Waals surface area contributed by atoms with E-state index in [1.165, 1.54) is 0 Å². The van der Waals surface area contributed by atoms with E-state index in [9.17, 15) is 4.79 Å². The summed E-state index contributed by atoms with van der Waals surface area (Å²) in [7, 11) is 0. The number of morpholine rings is 1. The third kappa shape index (κ3) is 3.30. The van der Waals surface area contributed by atoms with Crippen LogP contribution in [0, 0.1) is 0 Å². The molecule has 17 heavy (non-hydrogen) atoms. The minimum absolute atomic E-state index is 0.0403. The first kappa shape index (κ1) is 13.1. The Bertz CT molecular complexity index is 386. The lowest BCUT2D eigenvalue weighted by Gasteiger charge is -2.28. The number of nitrogens with zero attached hydrogens (tertiary/aromatic N) is 1. The highest BCUT2D eigenvalue weighted by molar-refractivity contribution is 9.25. The molecule has 1 aliphatic heterocycles. The number of hydrogen-bond donors (Lipinski definition) is 0. The average Bonchev–Trinajstić information content (AvgIpc) is 2.39. The fraction of sp³-hybridized carbons (Fsp3) is 0.417. The van der Waals surface area contributed by atoms with E-state index in [-0.39, 0.29) is 9.52 Å². The predicted molar refractivity (Wildman–Crippen MR) is 75.4 cm³/mol. The minimum Gasteiger partial charge on any atom is -0.378 e. The molecule has 1 aliphatic rings. The molecule has 0 aromatic heterocycles. The number of alkyl halides is 2. The molecular formula is C12H13Br2NO2. The molecule has 1 saturated heterocycles. The van der Waals surface area contributed by atoms with Crippen LogP contribution in [0.2, 0.25) is 0 Å². The second kappa shape index (κ2) is 5.98. The van der Waals surface area contributed by atoms with Crippen molar-refractivity contribution in [3.8, 4) is 0 Å². The van der Waals surface area contributed by atoms with Gasteiger partial charge >= 0.3 is 0 Å². The standard InChI is InChI=1S/C12H13Br2NO2/c13-12(14)11(16)9-1-3-10(4-2-9)15-5-7-17-8-6-15/h1-4,12H,5-8H2. The molecule has 0 radical (unpaired) electrons. The van der Waals surface area contributed by atoms with Gasteiger partial charge in [0.2, 0.25) is 0 Å². The van der Waals surface area contributed by atoms with Crippen LogP contribution in [0.5, 0.6) is 0 Å². The van der Waals surface area contributed by atoms with Crippen molar-refractivity contribution in [1.29, 1.82) is 0 Å². The minimum atomic E-state index is -0.316. The normalized spacial score (nSPS) is 16.3. The summed E-state index contributed by atoms with van der Waals surface area (Å²) in [5, 5.41) is 0. The first-order chi connectivity index (χ1) is 8.18. The van der Waals surface area contributed by atoms with Gasteiger partial charge < -0.3 is 9.64 Å². The monoisotopic (exact) mass is 361 g/mol. The summed E-state index contributed by atoms with van der Waals surface area (Å²) in [6.07, 6.45) is 0. The lowest BCUT2D eigenvalue weighted by atomic mass is 10.1. The van der Waals surface area contributed by atoms with Crippen LogP contribution in [0.25, 0.3) is 0 Å². The quantitative estimate of drug-likeness (QED) is 0.611. The van der Waals surface area contributed by atoms with Crippen molar-refractivity contribution in [2.45, 2.75) is 3.74 Å². The molecule has 0 spiro atoms. The van der Waals surface area contributed by atoms with Gasteiger partial charge in [0.1, 0.15) is 3.74 Å². The summed E-state index contributed by atoms with van der Waals surface area (Å²) in [4.78, 5) is 14.0. The average molecular weight is 363 g/mol. The molecular weight excluding hydrogens is 350 g/mol. The van der Waals surface area contributed by atoms with E-state index in [4.69, 9.17) is 4.74 Å². The van der Waals surface area contributed by atoms with Crippen LogP contribution in [0.3, 0.4) is 0 Å². The third-order valence-electron chi connectivity index (χ3n) is 2.73. The summed E-state index contributed by atoms with van der Waals surface area (Å²) in [6, 6.07) is 7.70. The smallest absolute Gasteiger partial charge is 0.187 e. The number of ketones is 1. The summed E-state index contributed by atoms with van der Waals surface area (Å²) in [5.74, 6) is 0.0403. The number of carbonyl (C=O) groups excluding carboxylic acids is 1. The van der Waals surface area contributed by atoms with Crippen LogP contribution < -0.4 is 4.90 Å². The molecule has 0 unspecified atom stereocenters. The highest BCUT2D eigenvalue weighted by atomic mass is 79.9. The number of ether oxygens (including phenoxy) is 1. The maximum absolute atomic E-state index is 11.7. The second-order valence-corrected chi connectivity index (χ2v) is 6.87. The van der Waals surface area contributed by atoms with Crippen molar-refractivity contribution in [1.82, 2.24) is 0 Å². The van der Waals surface area contributed by atoms with Gasteiger partial charge in [-0.1, -0.05) is 31.9 Å². The van der Waals surface area contributed by atoms with Gasteiger partial charge in [-0.3, -0.25) is 4.79 Å². The van der Waals surface area contributed by atoms with E-state index < -0.39 is 0 Å². The van der Waals surface area contributed by atoms with Gasteiger partial charge in [-0.25, -0.2) is 0 Å². The summed E-state index contributed by atoms with van der Waals surface area (Å²) in [6.45, 7) is 3.36. The van der Waals surface area contributed by atoms with E-state index in [0.717, 1.165) is 32.0 Å². The predicted octanol–water partition coefficient (Wildman–Crippen LogP) is 2.82. The van der Waals surface area contributed by atoms with Crippen LogP contribution >= 0.6 is 31.9 Å². The highest BCUT2D eigenvalue weighted by Crippen LogP contribution is 2.20. The van der Waals surface area contributed by atoms with Gasteiger partial charge in [-0.15, -0.1) is 0 Å². The highest BCUT2D eigenvalue weighted by Gasteiger charge is 2.15. The van der Waals surface area contributed by atoms with Crippen LogP contribution in [0.4, 0.5) is 5.69 Å². The Morgan fingerprint density at radius 3 is 2.29 bits per heavy atom. The fourth-order valence-electron chi connectivity index (χ4n) is 1.78. The molecule has 0 saturated carbocycles. The molecule has 1 fully saturated rings. The third-order valence-corrected chi connectivity index (χ3v) is 3.56. The molecule has 0 aliphatic carbocycles. The molecule has 92 valence electrons. The van der Waals surface area contributed by atoms with Gasteiger partial charge in [-0.05, 0) is 24.3 Å². The van der Waals surface area contributed by atoms with Gasteiger partial charge in [-0.2, -0.15) is 0 Å². The van der Waals surface area contributed by atoms with Crippen molar-refractivity contribution in [3.63, 3.8) is 0 Å². The van der Waals surface area contributed by atoms with E-state index in [1.807, 2.05) is 24.3 Å². The van der Waals surface area contributed by atoms with Crippen LogP contribution in [0.1, 0.15) is 10.4 Å². The molecule has 5 heteroatoms. The van der Waals surface area contributed by atoms with Crippen LogP contribution in [-0.2, 0) is 4.74 Å². The van der Waals surface area contributed by atoms with Gasteiger partial charge in [0.15, 0.2) is 5.78 Å². The van der Waals surface area contributed by atoms with E-state index >= 15 is 0 Å². The molecule has 0 bridgehead atoms. The van der Waals surface area contributed by atoms with Gasteiger partial charge in [0.05, 0.1) is 13.2 Å². The van der Waals surface area contributed by atoms with Crippen molar-refractivity contribution >= 4 is 43.3 Å². The molecule has 0 atom stereocenters. The maximum Gasteiger partial charge on any atom is 0.187 e. The number of halogens is 2. The maximum atomic E-state index is 11.7. The molecule has 0 N–H and O–H groups in total. The molecule has 0 amide bonds. The lowest BCUT2D eigenvalue weighted by molar-refractivity contribution is 0.101. The molecule has 2 rings (SSSR count). The zero-order valence-corrected chi connectivity index (χ0v) is 12.4. The zero-order chi connectivity index (χ0) is 12.3. The molecule has 1 aromatic carbocycles. The van der Waals surface area contributed by atoms with Crippen LogP contribution in [0.15, 0.2) is 24.3 Å². The van der Waals surface area contributed by atoms with Crippen molar-refractivity contribution < 1.29 is 9.53 Å². The van der Waals surface area contributed by atoms with E-state index in [0.29, 0.717) is 5.56 Å². The number of benzene rings is 1. The zero-order valence-electron chi connectivity index (χ0n) is 9.23.